The van der Waals surface area contributed by atoms with E-state index in [9.17, 15) is 14.4 Å². The second kappa shape index (κ2) is 10.9. The number of hydrogen-bond acceptors (Lipinski definition) is 3. The van der Waals surface area contributed by atoms with Gasteiger partial charge in [0.25, 0.3) is 5.91 Å². The van der Waals surface area contributed by atoms with Crippen molar-refractivity contribution in [3.8, 4) is 0 Å². The van der Waals surface area contributed by atoms with Gasteiger partial charge < -0.3 is 10.2 Å². The molecule has 6 nitrogen and oxygen atoms in total. The average Bonchev–Trinajstić information content (AvgIpc) is 3.20. The normalized spacial score (nSPS) is 13.0. The Morgan fingerprint density at radius 3 is 2.34 bits per heavy atom. The number of halogens is 2. The number of carbonyl (C=O) groups excluding carboxylic acids is 3. The summed E-state index contributed by atoms with van der Waals surface area (Å²) in [5.74, 6) is -0.904. The third-order valence-corrected chi connectivity index (χ3v) is 7.54. The van der Waals surface area contributed by atoms with Crippen LogP contribution in [0.5, 0.6) is 0 Å². The highest BCUT2D eigenvalue weighted by Crippen LogP contribution is 2.37. The van der Waals surface area contributed by atoms with Gasteiger partial charge in [-0.2, -0.15) is 0 Å². The molecule has 192 valence electrons. The molecule has 3 amide bonds. The number of anilines is 1. The molecule has 0 fully saturated rings. The van der Waals surface area contributed by atoms with E-state index in [-0.39, 0.29) is 30.8 Å². The van der Waals surface area contributed by atoms with Crippen molar-refractivity contribution in [2.24, 2.45) is 0 Å². The summed E-state index contributed by atoms with van der Waals surface area (Å²) in [6.45, 7) is -0.101. The zero-order valence-electron chi connectivity index (χ0n) is 20.7. The summed E-state index contributed by atoms with van der Waals surface area (Å²) >= 11 is 12.4. The highest BCUT2D eigenvalue weighted by atomic mass is 35.5. The van der Waals surface area contributed by atoms with E-state index in [1.165, 1.54) is 9.80 Å². The van der Waals surface area contributed by atoms with Gasteiger partial charge in [0.05, 0.1) is 15.7 Å². The molecule has 1 N–H and O–H groups in total. The monoisotopic (exact) mass is 545 g/mol. The fraction of sp³-hybridized carbons (Fsp3) is 0.167. The van der Waals surface area contributed by atoms with Crippen LogP contribution in [0.2, 0.25) is 10.0 Å². The van der Waals surface area contributed by atoms with Gasteiger partial charge in [0.15, 0.2) is 0 Å². The van der Waals surface area contributed by atoms with Crippen molar-refractivity contribution < 1.29 is 14.4 Å². The van der Waals surface area contributed by atoms with Crippen LogP contribution >= 0.6 is 23.2 Å². The van der Waals surface area contributed by atoms with E-state index in [0.717, 1.165) is 16.3 Å². The minimum Gasteiger partial charge on any atom is -0.357 e. The molecule has 1 aliphatic heterocycles. The van der Waals surface area contributed by atoms with Gasteiger partial charge in [-0.3, -0.25) is 19.3 Å². The maximum Gasteiger partial charge on any atom is 0.259 e. The van der Waals surface area contributed by atoms with Crippen LogP contribution in [-0.4, -0.2) is 42.3 Å². The molecule has 38 heavy (non-hydrogen) atoms. The first-order valence-corrected chi connectivity index (χ1v) is 13.0. The van der Waals surface area contributed by atoms with Gasteiger partial charge >= 0.3 is 0 Å². The van der Waals surface area contributed by atoms with Crippen molar-refractivity contribution in [1.29, 1.82) is 0 Å². The summed E-state index contributed by atoms with van der Waals surface area (Å²) in [5.41, 5.74) is 2.87. The zero-order chi connectivity index (χ0) is 26.8. The highest BCUT2D eigenvalue weighted by Gasteiger charge is 2.35. The number of likely N-dealkylation sites (N-methyl/N-ethyl adjacent to an activating group) is 1. The van der Waals surface area contributed by atoms with Gasteiger partial charge in [0, 0.05) is 31.0 Å². The Morgan fingerprint density at radius 2 is 1.63 bits per heavy atom. The largest absolute Gasteiger partial charge is 0.357 e. The molecule has 0 spiro atoms. The molecular weight excluding hydrogens is 521 g/mol. The van der Waals surface area contributed by atoms with Crippen molar-refractivity contribution in [3.63, 3.8) is 0 Å². The molecule has 0 bridgehead atoms. The zero-order valence-corrected chi connectivity index (χ0v) is 22.2. The standard InChI is InChI=1S/C30H25Cl2N3O3/c1-33-29(37)26(16-19-7-3-2-4-8-19)34(17-20-13-14-23(31)24(32)15-20)27(36)18-35-25-12-6-10-21-9-5-11-22(28(21)25)30(35)38/h2-15,26H,16-18H2,1H3,(H,33,37)/t26-/m0/s1. The molecular formula is C30H25Cl2N3O3. The van der Waals surface area contributed by atoms with Crippen LogP contribution in [0, 0.1) is 0 Å². The fourth-order valence-corrected chi connectivity index (χ4v) is 5.24. The average molecular weight is 546 g/mol. The van der Waals surface area contributed by atoms with E-state index < -0.39 is 6.04 Å². The Hall–Kier alpha value is -3.87. The second-order valence-electron chi connectivity index (χ2n) is 9.16. The predicted octanol–water partition coefficient (Wildman–Crippen LogP) is 5.49. The summed E-state index contributed by atoms with van der Waals surface area (Å²) in [5, 5.41) is 5.21. The number of rotatable bonds is 8. The van der Waals surface area contributed by atoms with E-state index in [2.05, 4.69) is 5.32 Å². The van der Waals surface area contributed by atoms with E-state index >= 15 is 0 Å². The first-order valence-electron chi connectivity index (χ1n) is 12.2. The Bertz CT molecular complexity index is 1540. The number of nitrogens with zero attached hydrogens (tertiary/aromatic N) is 2. The molecule has 4 aromatic rings. The van der Waals surface area contributed by atoms with Crippen LogP contribution in [0.15, 0.2) is 84.9 Å². The quantitative estimate of drug-likeness (QED) is 0.318. The molecule has 0 aromatic heterocycles. The van der Waals surface area contributed by atoms with Crippen LogP contribution in [-0.2, 0) is 22.6 Å². The van der Waals surface area contributed by atoms with Crippen LogP contribution in [0.25, 0.3) is 10.8 Å². The highest BCUT2D eigenvalue weighted by molar-refractivity contribution is 6.42. The van der Waals surface area contributed by atoms with Crippen molar-refractivity contribution in [3.05, 3.63) is 112 Å². The molecule has 0 saturated heterocycles. The van der Waals surface area contributed by atoms with Crippen molar-refractivity contribution in [1.82, 2.24) is 10.2 Å². The number of nitrogens with one attached hydrogen (secondary N) is 1. The Balaban J connectivity index is 1.51. The van der Waals surface area contributed by atoms with Crippen molar-refractivity contribution >= 4 is 57.4 Å². The van der Waals surface area contributed by atoms with Gasteiger partial charge in [-0.15, -0.1) is 0 Å². The molecule has 0 radical (unpaired) electrons. The Labute approximate surface area is 230 Å². The lowest BCUT2D eigenvalue weighted by Gasteiger charge is -2.32. The van der Waals surface area contributed by atoms with Gasteiger partial charge in [0.2, 0.25) is 11.8 Å². The van der Waals surface area contributed by atoms with Gasteiger partial charge in [0.1, 0.15) is 12.6 Å². The van der Waals surface area contributed by atoms with Gasteiger partial charge in [-0.1, -0.05) is 83.9 Å². The minimum atomic E-state index is -0.819. The molecule has 1 heterocycles. The van der Waals surface area contributed by atoms with Gasteiger partial charge in [-0.25, -0.2) is 0 Å². The Morgan fingerprint density at radius 1 is 0.895 bits per heavy atom. The number of carbonyl (C=O) groups is 3. The number of amides is 3. The summed E-state index contributed by atoms with van der Waals surface area (Å²) in [4.78, 5) is 43.6. The first-order chi connectivity index (χ1) is 18.4. The molecule has 5 rings (SSSR count). The summed E-state index contributed by atoms with van der Waals surface area (Å²) in [6.07, 6.45) is 0.303. The third-order valence-electron chi connectivity index (χ3n) is 6.80. The molecule has 1 atom stereocenters. The smallest absolute Gasteiger partial charge is 0.259 e. The maximum absolute atomic E-state index is 14.0. The van der Waals surface area contributed by atoms with Crippen LogP contribution in [0.1, 0.15) is 21.5 Å². The minimum absolute atomic E-state index is 0.111. The lowest BCUT2D eigenvalue weighted by atomic mass is 10.0. The topological polar surface area (TPSA) is 69.7 Å². The summed E-state index contributed by atoms with van der Waals surface area (Å²) < 4.78 is 0. The second-order valence-corrected chi connectivity index (χ2v) is 9.98. The molecule has 1 aliphatic rings. The molecule has 0 aliphatic carbocycles. The van der Waals surface area contributed by atoms with E-state index in [0.29, 0.717) is 33.3 Å². The van der Waals surface area contributed by atoms with Gasteiger partial charge in [-0.05, 0) is 40.8 Å². The van der Waals surface area contributed by atoms with Crippen LogP contribution in [0.3, 0.4) is 0 Å². The Kier molecular flexibility index (Phi) is 7.36. The van der Waals surface area contributed by atoms with Crippen molar-refractivity contribution in [2.75, 3.05) is 18.5 Å². The molecule has 4 aromatic carbocycles. The lowest BCUT2D eigenvalue weighted by Crippen LogP contribution is -2.52. The van der Waals surface area contributed by atoms with E-state index in [1.807, 2.05) is 60.7 Å². The SMILES string of the molecule is CNC(=O)[C@H](Cc1ccccc1)N(Cc1ccc(Cl)c(Cl)c1)C(=O)CN1C(=O)c2cccc3cccc1c23. The molecule has 8 heteroatoms. The lowest BCUT2D eigenvalue weighted by molar-refractivity contribution is -0.140. The first kappa shape index (κ1) is 25.8. The van der Waals surface area contributed by atoms with Crippen LogP contribution < -0.4 is 10.2 Å². The molecule has 0 saturated carbocycles. The third kappa shape index (κ3) is 4.97. The number of hydrogen-bond donors (Lipinski definition) is 1. The predicted molar refractivity (Wildman–Crippen MR) is 151 cm³/mol. The summed E-state index contributed by atoms with van der Waals surface area (Å²) in [7, 11) is 1.55. The van der Waals surface area contributed by atoms with Crippen LogP contribution in [0.4, 0.5) is 5.69 Å². The van der Waals surface area contributed by atoms with E-state index in [4.69, 9.17) is 23.2 Å². The summed E-state index contributed by atoms with van der Waals surface area (Å²) in [6, 6.07) is 25.0. The molecule has 0 unspecified atom stereocenters. The maximum atomic E-state index is 14.0. The number of benzene rings is 4. The van der Waals surface area contributed by atoms with E-state index in [1.54, 1.807) is 31.3 Å². The fourth-order valence-electron chi connectivity index (χ4n) is 4.92. The van der Waals surface area contributed by atoms with Crippen molar-refractivity contribution in [2.45, 2.75) is 19.0 Å².